The molecule has 2 aromatic heterocycles. The van der Waals surface area contributed by atoms with Gasteiger partial charge in [-0.1, -0.05) is 38.1 Å². The summed E-state index contributed by atoms with van der Waals surface area (Å²) in [4.78, 5) is 5.32. The van der Waals surface area contributed by atoms with Crippen molar-refractivity contribution in [3.8, 4) is 0 Å². The summed E-state index contributed by atoms with van der Waals surface area (Å²) in [5, 5.41) is 1.31. The SMILES string of the molecule is [2H]c1nc(C2=Cc3sc4c(C(C)C)cccc4c3CC2)c([2H])c([2H])c1[2H]. The Balaban J connectivity index is 1.89. The molecule has 110 valence electrons. The molecule has 1 aliphatic carbocycles. The minimum absolute atomic E-state index is 0.0512. The molecule has 0 radical (unpaired) electrons. The number of nitrogens with zero attached hydrogens (tertiary/aromatic N) is 1. The summed E-state index contributed by atoms with van der Waals surface area (Å²) in [6.07, 6.45) is 3.44. The Hall–Kier alpha value is -1.93. The number of aromatic nitrogens is 1. The predicted molar refractivity (Wildman–Crippen MR) is 96.3 cm³/mol. The van der Waals surface area contributed by atoms with Crippen LogP contribution in [-0.4, -0.2) is 4.98 Å². The quantitative estimate of drug-likeness (QED) is 0.573. The third-order valence-electron chi connectivity index (χ3n) is 4.22. The van der Waals surface area contributed by atoms with Gasteiger partial charge in [0.05, 0.1) is 11.2 Å². The number of pyridine rings is 1. The van der Waals surface area contributed by atoms with Gasteiger partial charge in [-0.05, 0) is 59.0 Å². The Bertz CT molecular complexity index is 1070. The molecule has 1 nitrogen and oxygen atoms in total. The third-order valence-corrected chi connectivity index (χ3v) is 5.47. The van der Waals surface area contributed by atoms with Crippen LogP contribution in [0.2, 0.25) is 0 Å². The molecule has 0 unspecified atom stereocenters. The molecule has 0 aliphatic heterocycles. The maximum atomic E-state index is 8.16. The van der Waals surface area contributed by atoms with E-state index in [1.54, 1.807) is 11.3 Å². The van der Waals surface area contributed by atoms with Gasteiger partial charge < -0.3 is 0 Å². The highest BCUT2D eigenvalue weighted by molar-refractivity contribution is 7.20. The molecule has 1 aliphatic rings. The predicted octanol–water partition coefficient (Wildman–Crippen LogP) is 5.91. The lowest BCUT2D eigenvalue weighted by Gasteiger charge is -2.13. The number of hydrogen-bond donors (Lipinski definition) is 0. The highest BCUT2D eigenvalue weighted by Gasteiger charge is 2.19. The molecule has 0 N–H and O–H groups in total. The molecular formula is C20H19NS. The van der Waals surface area contributed by atoms with Crippen LogP contribution in [0.4, 0.5) is 0 Å². The fourth-order valence-electron chi connectivity index (χ4n) is 3.10. The number of allylic oxidation sites excluding steroid dienone is 1. The largest absolute Gasteiger partial charge is 0.257 e. The average molecular weight is 309 g/mol. The van der Waals surface area contributed by atoms with Crippen molar-refractivity contribution < 1.29 is 5.48 Å². The first kappa shape index (κ1) is 9.96. The molecule has 22 heavy (non-hydrogen) atoms. The Kier molecular flexibility index (Phi) is 2.43. The topological polar surface area (TPSA) is 12.9 Å². The Morgan fingerprint density at radius 3 is 3.00 bits per heavy atom. The van der Waals surface area contributed by atoms with E-state index in [0.29, 0.717) is 11.6 Å². The molecule has 0 bridgehead atoms. The first-order valence-electron chi connectivity index (χ1n) is 9.58. The van der Waals surface area contributed by atoms with E-state index >= 15 is 0 Å². The van der Waals surface area contributed by atoms with Gasteiger partial charge >= 0.3 is 0 Å². The molecule has 2 heterocycles. The van der Waals surface area contributed by atoms with E-state index in [2.05, 4.69) is 43.1 Å². The summed E-state index contributed by atoms with van der Waals surface area (Å²) in [6.45, 7) is 4.41. The van der Waals surface area contributed by atoms with Crippen molar-refractivity contribution in [2.75, 3.05) is 0 Å². The van der Waals surface area contributed by atoms with Gasteiger partial charge in [-0.15, -0.1) is 11.3 Å². The van der Waals surface area contributed by atoms with Gasteiger partial charge in [0.25, 0.3) is 0 Å². The van der Waals surface area contributed by atoms with Crippen molar-refractivity contribution in [1.29, 1.82) is 0 Å². The Morgan fingerprint density at radius 1 is 1.23 bits per heavy atom. The van der Waals surface area contributed by atoms with Gasteiger partial charge in [-0.2, -0.15) is 0 Å². The van der Waals surface area contributed by atoms with E-state index in [-0.39, 0.29) is 24.3 Å². The summed E-state index contributed by atoms with van der Waals surface area (Å²) in [7, 11) is 0. The number of benzene rings is 1. The molecule has 3 aromatic rings. The second-order valence-corrected chi connectivity index (χ2v) is 6.99. The normalized spacial score (nSPS) is 16.8. The molecule has 0 spiro atoms. The molecule has 0 atom stereocenters. The maximum Gasteiger partial charge on any atom is 0.0840 e. The van der Waals surface area contributed by atoms with Gasteiger partial charge in [0, 0.05) is 15.7 Å². The monoisotopic (exact) mass is 309 g/mol. The van der Waals surface area contributed by atoms with E-state index < -0.39 is 0 Å². The molecule has 1 aromatic carbocycles. The number of hydrogen-bond acceptors (Lipinski definition) is 2. The van der Waals surface area contributed by atoms with Crippen LogP contribution in [-0.2, 0) is 6.42 Å². The zero-order valence-electron chi connectivity index (χ0n) is 16.7. The number of thiophene rings is 1. The lowest BCUT2D eigenvalue weighted by molar-refractivity contribution is 0.878. The molecule has 0 fully saturated rings. The average Bonchev–Trinajstić information content (AvgIpc) is 3.00. The number of fused-ring (bicyclic) bond motifs is 3. The minimum Gasteiger partial charge on any atom is -0.257 e. The zero-order valence-corrected chi connectivity index (χ0v) is 13.5. The van der Waals surface area contributed by atoms with Crippen LogP contribution in [0.3, 0.4) is 0 Å². The Labute approximate surface area is 141 Å². The van der Waals surface area contributed by atoms with Gasteiger partial charge in [-0.25, -0.2) is 0 Å². The first-order valence-corrected chi connectivity index (χ1v) is 8.39. The van der Waals surface area contributed by atoms with Crippen LogP contribution in [0.5, 0.6) is 0 Å². The number of rotatable bonds is 2. The van der Waals surface area contributed by atoms with Crippen LogP contribution >= 0.6 is 11.3 Å². The van der Waals surface area contributed by atoms with E-state index in [1.165, 1.54) is 26.1 Å². The highest BCUT2D eigenvalue weighted by atomic mass is 32.1. The van der Waals surface area contributed by atoms with Crippen molar-refractivity contribution in [2.24, 2.45) is 0 Å². The van der Waals surface area contributed by atoms with E-state index in [4.69, 9.17) is 5.48 Å². The second-order valence-electron chi connectivity index (χ2n) is 5.94. The lowest BCUT2D eigenvalue weighted by atomic mass is 9.92. The summed E-state index contributed by atoms with van der Waals surface area (Å²) in [6, 6.07) is 5.95. The molecule has 0 saturated heterocycles. The summed E-state index contributed by atoms with van der Waals surface area (Å²) >= 11 is 1.77. The molecule has 0 saturated carbocycles. The molecule has 0 amide bonds. The van der Waals surface area contributed by atoms with E-state index in [9.17, 15) is 0 Å². The van der Waals surface area contributed by atoms with Gasteiger partial charge in [0.15, 0.2) is 0 Å². The molecular weight excluding hydrogens is 286 g/mol. The minimum atomic E-state index is -0.278. The summed E-state index contributed by atoms with van der Waals surface area (Å²) in [5.41, 5.74) is 3.97. The Morgan fingerprint density at radius 2 is 2.14 bits per heavy atom. The fourth-order valence-corrected chi connectivity index (χ4v) is 4.58. The van der Waals surface area contributed by atoms with Gasteiger partial charge in [-0.3, -0.25) is 4.98 Å². The maximum absolute atomic E-state index is 8.16. The van der Waals surface area contributed by atoms with Gasteiger partial charge in [0.1, 0.15) is 0 Å². The summed E-state index contributed by atoms with van der Waals surface area (Å²) in [5.74, 6) is 0.463. The fraction of sp³-hybridized carbons (Fsp3) is 0.250. The number of aryl methyl sites for hydroxylation is 1. The van der Waals surface area contributed by atoms with Crippen LogP contribution in [0.25, 0.3) is 21.7 Å². The van der Waals surface area contributed by atoms with Crippen LogP contribution in [0.1, 0.15) is 53.4 Å². The van der Waals surface area contributed by atoms with Crippen LogP contribution in [0, 0.1) is 0 Å². The van der Waals surface area contributed by atoms with Crippen molar-refractivity contribution in [1.82, 2.24) is 4.98 Å². The van der Waals surface area contributed by atoms with E-state index in [0.717, 1.165) is 18.4 Å². The smallest absolute Gasteiger partial charge is 0.0840 e. The summed E-state index contributed by atoms with van der Waals surface area (Å²) < 4.78 is 32.9. The highest BCUT2D eigenvalue weighted by Crippen LogP contribution is 2.42. The standard InChI is InChI=1S/C20H19NS/c1-13(2)15-6-5-7-17-16-10-9-14(12-19(16)22-20(15)17)18-8-3-4-11-21-18/h3-8,11-13H,9-10H2,1-2H3/i3D,4D,8D,11D. The van der Waals surface area contributed by atoms with E-state index in [1.807, 2.05) is 0 Å². The zero-order chi connectivity index (χ0) is 18.6. The third kappa shape index (κ3) is 2.19. The van der Waals surface area contributed by atoms with Crippen molar-refractivity contribution in [2.45, 2.75) is 32.6 Å². The van der Waals surface area contributed by atoms with Crippen LogP contribution in [0.15, 0.2) is 42.5 Å². The molecule has 4 rings (SSSR count). The second kappa shape index (κ2) is 5.36. The molecule has 2 heteroatoms. The van der Waals surface area contributed by atoms with Crippen molar-refractivity contribution >= 4 is 33.1 Å². The van der Waals surface area contributed by atoms with Crippen molar-refractivity contribution in [3.05, 3.63) is 64.2 Å². The lowest BCUT2D eigenvalue weighted by Crippen LogP contribution is -1.97. The van der Waals surface area contributed by atoms with Crippen LogP contribution < -0.4 is 0 Å². The first-order chi connectivity index (χ1) is 12.4. The van der Waals surface area contributed by atoms with Crippen molar-refractivity contribution in [3.63, 3.8) is 0 Å². The van der Waals surface area contributed by atoms with Gasteiger partial charge in [0.2, 0.25) is 0 Å².